The van der Waals surface area contributed by atoms with Crippen molar-refractivity contribution < 1.29 is 28.6 Å². The van der Waals surface area contributed by atoms with Crippen molar-refractivity contribution in [3.8, 4) is 11.5 Å². The smallest absolute Gasteiger partial charge is 0.341 e. The van der Waals surface area contributed by atoms with Crippen LogP contribution in [0.5, 0.6) is 11.5 Å². The Kier molecular flexibility index (Phi) is 9.24. The molecular weight excluding hydrogens is 480 g/mol. The zero-order valence-corrected chi connectivity index (χ0v) is 21.4. The van der Waals surface area contributed by atoms with E-state index in [0.717, 1.165) is 16.9 Å². The second kappa shape index (κ2) is 12.6. The number of hydrogen-bond donors (Lipinski definition) is 2. The molecule has 2 N–H and O–H groups in total. The normalized spacial score (nSPS) is 10.7. The van der Waals surface area contributed by atoms with Crippen molar-refractivity contribution in [3.05, 3.63) is 76.2 Å². The van der Waals surface area contributed by atoms with Crippen LogP contribution in [0.2, 0.25) is 0 Å². The van der Waals surface area contributed by atoms with Gasteiger partial charge in [0.05, 0.1) is 30.8 Å². The Balaban J connectivity index is 1.83. The first-order valence-electron chi connectivity index (χ1n) is 11.3. The number of nitrogens with one attached hydrogen (secondary N) is 2. The first kappa shape index (κ1) is 26.5. The second-order valence-electron chi connectivity index (χ2n) is 7.47. The molecule has 0 unspecified atom stereocenters. The van der Waals surface area contributed by atoms with Crippen LogP contribution in [-0.2, 0) is 9.53 Å². The molecule has 0 saturated heterocycles. The maximum Gasteiger partial charge on any atom is 0.341 e. The molecule has 188 valence electrons. The average Bonchev–Trinajstić information content (AvgIpc) is 3.19. The van der Waals surface area contributed by atoms with Crippen molar-refractivity contribution in [2.75, 3.05) is 31.0 Å². The van der Waals surface area contributed by atoms with E-state index in [1.165, 1.54) is 6.08 Å². The van der Waals surface area contributed by atoms with E-state index in [1.54, 1.807) is 69.5 Å². The van der Waals surface area contributed by atoms with Crippen LogP contribution in [0.15, 0.2) is 54.6 Å². The van der Waals surface area contributed by atoms with Crippen LogP contribution in [0, 0.1) is 6.92 Å². The Hall–Kier alpha value is -4.11. The predicted molar refractivity (Wildman–Crippen MR) is 141 cm³/mol. The van der Waals surface area contributed by atoms with Gasteiger partial charge in [0.15, 0.2) is 11.5 Å². The zero-order chi connectivity index (χ0) is 26.1. The average molecular weight is 509 g/mol. The van der Waals surface area contributed by atoms with Crippen LogP contribution in [0.4, 0.5) is 10.7 Å². The number of carbonyl (C=O) groups excluding carboxylic acids is 3. The Morgan fingerprint density at radius 1 is 0.972 bits per heavy atom. The van der Waals surface area contributed by atoms with E-state index in [1.807, 2.05) is 13.0 Å². The fourth-order valence-electron chi connectivity index (χ4n) is 3.36. The lowest BCUT2D eigenvalue weighted by atomic mass is 10.1. The zero-order valence-electron chi connectivity index (χ0n) is 20.5. The maximum absolute atomic E-state index is 12.9. The minimum Gasteiger partial charge on any atom is -0.493 e. The van der Waals surface area contributed by atoms with Gasteiger partial charge in [0.25, 0.3) is 5.91 Å². The van der Waals surface area contributed by atoms with Gasteiger partial charge in [0, 0.05) is 11.8 Å². The van der Waals surface area contributed by atoms with Gasteiger partial charge in [-0.1, -0.05) is 24.3 Å². The molecule has 3 aromatic rings. The highest BCUT2D eigenvalue weighted by Crippen LogP contribution is 2.34. The molecule has 0 fully saturated rings. The lowest BCUT2D eigenvalue weighted by molar-refractivity contribution is -0.111. The highest BCUT2D eigenvalue weighted by Gasteiger charge is 2.26. The lowest BCUT2D eigenvalue weighted by Crippen LogP contribution is -2.13. The quantitative estimate of drug-likeness (QED) is 0.275. The SMILES string of the molecule is CCOC(=O)c1c(NC(=O)/C=C/c2ccc(OCC)c(OC)c2)sc(C(=O)Nc2ccccc2)c1C. The fourth-order valence-corrected chi connectivity index (χ4v) is 4.46. The molecule has 1 heterocycles. The Labute approximate surface area is 213 Å². The summed E-state index contributed by atoms with van der Waals surface area (Å²) in [4.78, 5) is 38.6. The topological polar surface area (TPSA) is 103 Å². The number of carbonyl (C=O) groups is 3. The minimum absolute atomic E-state index is 0.157. The molecule has 0 aliphatic rings. The van der Waals surface area contributed by atoms with Crippen LogP contribution < -0.4 is 20.1 Å². The van der Waals surface area contributed by atoms with Crippen molar-refractivity contribution in [2.24, 2.45) is 0 Å². The second-order valence-corrected chi connectivity index (χ2v) is 8.49. The van der Waals surface area contributed by atoms with Gasteiger partial charge in [-0.25, -0.2) is 4.79 Å². The Morgan fingerprint density at radius 3 is 2.39 bits per heavy atom. The van der Waals surface area contributed by atoms with Crippen LogP contribution in [0.1, 0.15) is 45.0 Å². The number of esters is 1. The fraction of sp³-hybridized carbons (Fsp3) is 0.222. The molecule has 0 atom stereocenters. The third kappa shape index (κ3) is 6.51. The Bertz CT molecular complexity index is 1270. The van der Waals surface area contributed by atoms with Crippen molar-refractivity contribution in [3.63, 3.8) is 0 Å². The summed E-state index contributed by atoms with van der Waals surface area (Å²) in [5, 5.41) is 5.76. The molecule has 0 aliphatic carbocycles. The number of rotatable bonds is 10. The van der Waals surface area contributed by atoms with Crippen molar-refractivity contribution in [2.45, 2.75) is 20.8 Å². The van der Waals surface area contributed by atoms with E-state index in [-0.39, 0.29) is 23.1 Å². The summed E-state index contributed by atoms with van der Waals surface area (Å²) in [6.45, 7) is 5.88. The van der Waals surface area contributed by atoms with Gasteiger partial charge in [0.1, 0.15) is 5.00 Å². The minimum atomic E-state index is -0.611. The van der Waals surface area contributed by atoms with Crippen molar-refractivity contribution in [1.82, 2.24) is 0 Å². The lowest BCUT2D eigenvalue weighted by Gasteiger charge is -2.09. The van der Waals surface area contributed by atoms with Crippen LogP contribution >= 0.6 is 11.3 Å². The molecule has 1 aromatic heterocycles. The largest absolute Gasteiger partial charge is 0.493 e. The summed E-state index contributed by atoms with van der Waals surface area (Å²) in [6.07, 6.45) is 2.95. The first-order valence-corrected chi connectivity index (χ1v) is 12.2. The maximum atomic E-state index is 12.9. The number of ether oxygens (including phenoxy) is 3. The molecular formula is C27H28N2O6S. The van der Waals surface area contributed by atoms with Crippen LogP contribution in [-0.4, -0.2) is 38.1 Å². The van der Waals surface area contributed by atoms with Crippen LogP contribution in [0.3, 0.4) is 0 Å². The summed E-state index contributed by atoms with van der Waals surface area (Å²) in [7, 11) is 1.54. The van der Waals surface area contributed by atoms with Gasteiger partial charge in [-0.05, 0) is 62.2 Å². The van der Waals surface area contributed by atoms with E-state index >= 15 is 0 Å². The molecule has 8 nitrogen and oxygen atoms in total. The van der Waals surface area contributed by atoms with Gasteiger partial charge < -0.3 is 24.8 Å². The number of benzene rings is 2. The molecule has 2 amide bonds. The van der Waals surface area contributed by atoms with Gasteiger partial charge in [-0.15, -0.1) is 11.3 Å². The number of hydrogen-bond acceptors (Lipinski definition) is 7. The summed E-state index contributed by atoms with van der Waals surface area (Å²) in [6, 6.07) is 14.3. The summed E-state index contributed by atoms with van der Waals surface area (Å²) in [5.41, 5.74) is 1.93. The predicted octanol–water partition coefficient (Wildman–Crippen LogP) is 5.54. The molecule has 3 rings (SSSR count). The molecule has 9 heteroatoms. The number of para-hydroxylation sites is 1. The molecule has 0 saturated carbocycles. The van der Waals surface area contributed by atoms with E-state index < -0.39 is 11.9 Å². The van der Waals surface area contributed by atoms with Gasteiger partial charge in [-0.3, -0.25) is 9.59 Å². The molecule has 0 spiro atoms. The number of methoxy groups -OCH3 is 1. The highest BCUT2D eigenvalue weighted by atomic mass is 32.1. The van der Waals surface area contributed by atoms with Gasteiger partial charge >= 0.3 is 5.97 Å². The summed E-state index contributed by atoms with van der Waals surface area (Å²) < 4.78 is 16.0. The van der Waals surface area contributed by atoms with Gasteiger partial charge in [-0.2, -0.15) is 0 Å². The van der Waals surface area contributed by atoms with E-state index in [4.69, 9.17) is 14.2 Å². The number of anilines is 2. The first-order chi connectivity index (χ1) is 17.4. The monoisotopic (exact) mass is 508 g/mol. The van der Waals surface area contributed by atoms with Gasteiger partial charge in [0.2, 0.25) is 5.91 Å². The molecule has 0 aliphatic heterocycles. The third-order valence-corrected chi connectivity index (χ3v) is 6.22. The number of amides is 2. The molecule has 0 radical (unpaired) electrons. The summed E-state index contributed by atoms with van der Waals surface area (Å²) >= 11 is 1.02. The Morgan fingerprint density at radius 2 is 1.72 bits per heavy atom. The van der Waals surface area contributed by atoms with Crippen molar-refractivity contribution >= 4 is 45.9 Å². The molecule has 36 heavy (non-hydrogen) atoms. The van der Waals surface area contributed by atoms with E-state index in [9.17, 15) is 14.4 Å². The van der Waals surface area contributed by atoms with Crippen molar-refractivity contribution in [1.29, 1.82) is 0 Å². The van der Waals surface area contributed by atoms with Crippen LogP contribution in [0.25, 0.3) is 6.08 Å². The molecule has 0 bridgehead atoms. The molecule has 2 aromatic carbocycles. The highest BCUT2D eigenvalue weighted by molar-refractivity contribution is 7.19. The van der Waals surface area contributed by atoms with E-state index in [2.05, 4.69) is 10.6 Å². The number of thiophene rings is 1. The van der Waals surface area contributed by atoms with E-state index in [0.29, 0.717) is 34.2 Å². The standard InChI is InChI=1S/C27H28N2O6S/c1-5-34-20-14-12-18(16-21(20)33-4)13-15-22(30)29-26-23(27(32)35-6-2)17(3)24(36-26)25(31)28-19-10-8-7-9-11-19/h7-16H,5-6H2,1-4H3,(H,28,31)(H,29,30)/b15-13+. The third-order valence-electron chi connectivity index (χ3n) is 5.02. The summed E-state index contributed by atoms with van der Waals surface area (Å²) in [5.74, 6) is -0.306.